The molecule has 150 valence electrons. The molecule has 0 aromatic heterocycles. The van der Waals surface area contributed by atoms with Gasteiger partial charge in [-0.05, 0) is 56.9 Å². The van der Waals surface area contributed by atoms with Crippen LogP contribution in [0, 0.1) is 0 Å². The molecule has 1 atom stereocenters. The standard InChI is InChI=1S/C25H33NO2/c1-3-5-18-26(19-6-4-2)20-12-17-25(21-13-8-7-9-14-21)22-15-10-11-16-23(22)28-24(25)27/h7-11,13-16H,3-6,12,17-20H2,1-2H3/t25-/m1/s1. The van der Waals surface area contributed by atoms with Gasteiger partial charge in [0.2, 0.25) is 0 Å². The predicted molar refractivity (Wildman–Crippen MR) is 115 cm³/mol. The molecule has 0 radical (unpaired) electrons. The predicted octanol–water partition coefficient (Wildman–Crippen LogP) is 5.57. The van der Waals surface area contributed by atoms with Gasteiger partial charge in [0.1, 0.15) is 11.2 Å². The molecular formula is C25H33NO2. The Balaban J connectivity index is 1.81. The number of nitrogens with zero attached hydrogens (tertiary/aromatic N) is 1. The van der Waals surface area contributed by atoms with Gasteiger partial charge in [-0.15, -0.1) is 0 Å². The Labute approximate surface area is 169 Å². The molecule has 0 amide bonds. The number of hydrogen-bond donors (Lipinski definition) is 0. The van der Waals surface area contributed by atoms with Gasteiger partial charge >= 0.3 is 5.97 Å². The van der Waals surface area contributed by atoms with E-state index >= 15 is 0 Å². The fraction of sp³-hybridized carbons (Fsp3) is 0.480. The fourth-order valence-corrected chi connectivity index (χ4v) is 4.25. The second-order valence-electron chi connectivity index (χ2n) is 7.81. The number of esters is 1. The van der Waals surface area contributed by atoms with Gasteiger partial charge in [0.05, 0.1) is 0 Å². The SMILES string of the molecule is CCCCN(CCCC)CCC[C@]1(c2ccccc2)C(=O)Oc2ccccc21. The van der Waals surface area contributed by atoms with Crippen LogP contribution in [-0.4, -0.2) is 30.5 Å². The molecule has 3 heteroatoms. The Kier molecular flexibility index (Phi) is 7.27. The van der Waals surface area contributed by atoms with Crippen LogP contribution in [0.4, 0.5) is 0 Å². The molecule has 2 aromatic carbocycles. The molecule has 0 fully saturated rings. The normalized spacial score (nSPS) is 18.3. The molecule has 0 unspecified atom stereocenters. The highest BCUT2D eigenvalue weighted by Gasteiger charge is 2.49. The maximum absolute atomic E-state index is 13.1. The molecule has 1 aliphatic rings. The van der Waals surface area contributed by atoms with E-state index in [2.05, 4.69) is 36.9 Å². The summed E-state index contributed by atoms with van der Waals surface area (Å²) in [5, 5.41) is 0. The quantitative estimate of drug-likeness (QED) is 0.377. The fourth-order valence-electron chi connectivity index (χ4n) is 4.25. The van der Waals surface area contributed by atoms with E-state index < -0.39 is 5.41 Å². The first-order chi connectivity index (χ1) is 13.7. The topological polar surface area (TPSA) is 29.5 Å². The largest absolute Gasteiger partial charge is 0.425 e. The van der Waals surface area contributed by atoms with Crippen molar-refractivity contribution in [3.8, 4) is 5.75 Å². The van der Waals surface area contributed by atoms with E-state index in [1.54, 1.807) is 0 Å². The minimum Gasteiger partial charge on any atom is -0.425 e. The summed E-state index contributed by atoms with van der Waals surface area (Å²) in [7, 11) is 0. The first kappa shape index (κ1) is 20.6. The third-order valence-electron chi connectivity index (χ3n) is 5.85. The van der Waals surface area contributed by atoms with Crippen molar-refractivity contribution >= 4 is 5.97 Å². The van der Waals surface area contributed by atoms with Gasteiger partial charge in [-0.3, -0.25) is 4.79 Å². The average Bonchev–Trinajstić information content (AvgIpc) is 3.02. The average molecular weight is 380 g/mol. The van der Waals surface area contributed by atoms with E-state index in [1.807, 2.05) is 36.4 Å². The number of carbonyl (C=O) groups is 1. The van der Waals surface area contributed by atoms with Crippen molar-refractivity contribution in [1.29, 1.82) is 0 Å². The van der Waals surface area contributed by atoms with Gasteiger partial charge in [-0.25, -0.2) is 0 Å². The Morgan fingerprint density at radius 2 is 1.43 bits per heavy atom. The minimum atomic E-state index is -0.682. The summed E-state index contributed by atoms with van der Waals surface area (Å²) in [5.41, 5.74) is 1.37. The Bertz CT molecular complexity index is 750. The number of carbonyl (C=O) groups excluding carboxylic acids is 1. The lowest BCUT2D eigenvalue weighted by molar-refractivity contribution is -0.137. The van der Waals surface area contributed by atoms with Crippen LogP contribution in [0.25, 0.3) is 0 Å². The van der Waals surface area contributed by atoms with E-state index in [0.717, 1.165) is 43.6 Å². The lowest BCUT2D eigenvalue weighted by Crippen LogP contribution is -2.36. The van der Waals surface area contributed by atoms with E-state index in [9.17, 15) is 4.79 Å². The molecule has 3 rings (SSSR count). The monoisotopic (exact) mass is 379 g/mol. The summed E-state index contributed by atoms with van der Waals surface area (Å²) >= 11 is 0. The van der Waals surface area contributed by atoms with Crippen molar-refractivity contribution in [2.75, 3.05) is 19.6 Å². The number of benzene rings is 2. The van der Waals surface area contributed by atoms with Crippen LogP contribution < -0.4 is 4.74 Å². The van der Waals surface area contributed by atoms with Crippen LogP contribution >= 0.6 is 0 Å². The zero-order valence-electron chi connectivity index (χ0n) is 17.3. The van der Waals surface area contributed by atoms with Crippen LogP contribution in [0.3, 0.4) is 0 Å². The summed E-state index contributed by atoms with van der Waals surface area (Å²) < 4.78 is 5.71. The molecule has 28 heavy (non-hydrogen) atoms. The van der Waals surface area contributed by atoms with Crippen LogP contribution in [0.5, 0.6) is 5.75 Å². The van der Waals surface area contributed by atoms with E-state index in [0.29, 0.717) is 5.75 Å². The van der Waals surface area contributed by atoms with Crippen molar-refractivity contribution in [2.45, 2.75) is 57.8 Å². The first-order valence-corrected chi connectivity index (χ1v) is 10.8. The van der Waals surface area contributed by atoms with Crippen LogP contribution in [0.2, 0.25) is 0 Å². The molecule has 0 aliphatic carbocycles. The summed E-state index contributed by atoms with van der Waals surface area (Å²) in [4.78, 5) is 15.7. The van der Waals surface area contributed by atoms with E-state index in [4.69, 9.17) is 4.74 Å². The molecule has 2 aromatic rings. The van der Waals surface area contributed by atoms with E-state index in [1.165, 1.54) is 25.7 Å². The molecular weight excluding hydrogens is 346 g/mol. The number of ether oxygens (including phenoxy) is 1. The Morgan fingerprint density at radius 3 is 2.11 bits per heavy atom. The highest BCUT2D eigenvalue weighted by atomic mass is 16.5. The Morgan fingerprint density at radius 1 is 0.821 bits per heavy atom. The molecule has 0 saturated carbocycles. The number of unbranched alkanes of at least 4 members (excludes halogenated alkanes) is 2. The maximum atomic E-state index is 13.1. The number of hydrogen-bond acceptors (Lipinski definition) is 3. The van der Waals surface area contributed by atoms with E-state index in [-0.39, 0.29) is 5.97 Å². The van der Waals surface area contributed by atoms with Crippen molar-refractivity contribution in [2.24, 2.45) is 0 Å². The molecule has 0 spiro atoms. The van der Waals surface area contributed by atoms with Crippen LogP contribution in [0.1, 0.15) is 63.5 Å². The molecule has 1 heterocycles. The van der Waals surface area contributed by atoms with Crippen molar-refractivity contribution in [3.05, 3.63) is 65.7 Å². The second kappa shape index (κ2) is 9.88. The third kappa shape index (κ3) is 4.30. The van der Waals surface area contributed by atoms with Crippen molar-refractivity contribution in [1.82, 2.24) is 4.90 Å². The minimum absolute atomic E-state index is 0.131. The lowest BCUT2D eigenvalue weighted by atomic mass is 9.72. The van der Waals surface area contributed by atoms with Crippen molar-refractivity contribution < 1.29 is 9.53 Å². The van der Waals surface area contributed by atoms with Gasteiger partial charge in [0, 0.05) is 5.56 Å². The zero-order chi connectivity index (χ0) is 19.8. The van der Waals surface area contributed by atoms with Gasteiger partial charge in [0.15, 0.2) is 0 Å². The molecule has 0 N–H and O–H groups in total. The molecule has 0 bridgehead atoms. The van der Waals surface area contributed by atoms with Gasteiger partial charge < -0.3 is 9.64 Å². The number of para-hydroxylation sites is 1. The first-order valence-electron chi connectivity index (χ1n) is 10.8. The summed E-state index contributed by atoms with van der Waals surface area (Å²) in [5.74, 6) is 0.582. The highest BCUT2D eigenvalue weighted by Crippen LogP contribution is 2.47. The maximum Gasteiger partial charge on any atom is 0.326 e. The number of rotatable bonds is 11. The molecule has 3 nitrogen and oxygen atoms in total. The lowest BCUT2D eigenvalue weighted by Gasteiger charge is -2.29. The van der Waals surface area contributed by atoms with Gasteiger partial charge in [-0.2, -0.15) is 0 Å². The summed E-state index contributed by atoms with van der Waals surface area (Å²) in [6.45, 7) is 7.82. The zero-order valence-corrected chi connectivity index (χ0v) is 17.3. The van der Waals surface area contributed by atoms with Gasteiger partial charge in [-0.1, -0.05) is 75.2 Å². The van der Waals surface area contributed by atoms with Crippen molar-refractivity contribution in [3.63, 3.8) is 0 Å². The van der Waals surface area contributed by atoms with Gasteiger partial charge in [0.25, 0.3) is 0 Å². The highest BCUT2D eigenvalue weighted by molar-refractivity contribution is 5.94. The summed E-state index contributed by atoms with van der Waals surface area (Å²) in [6, 6.07) is 18.1. The molecule has 0 saturated heterocycles. The summed E-state index contributed by atoms with van der Waals surface area (Å²) in [6.07, 6.45) is 6.66. The van der Waals surface area contributed by atoms with Crippen LogP contribution in [-0.2, 0) is 10.2 Å². The second-order valence-corrected chi connectivity index (χ2v) is 7.81. The molecule has 1 aliphatic heterocycles. The van der Waals surface area contributed by atoms with Crippen LogP contribution in [0.15, 0.2) is 54.6 Å². The smallest absolute Gasteiger partial charge is 0.326 e. The third-order valence-corrected chi connectivity index (χ3v) is 5.85. The number of fused-ring (bicyclic) bond motifs is 1. The Hall–Kier alpha value is -2.13.